The summed E-state index contributed by atoms with van der Waals surface area (Å²) >= 11 is 0. The molecule has 1 N–H and O–H groups in total. The van der Waals surface area contributed by atoms with Crippen LogP contribution in [0.25, 0.3) is 11.1 Å². The number of rotatable bonds is 8. The molecule has 3 rings (SSSR count). The highest BCUT2D eigenvalue weighted by Crippen LogP contribution is 2.27. The zero-order chi connectivity index (χ0) is 21.3. The van der Waals surface area contributed by atoms with Crippen LogP contribution < -0.4 is 14.8 Å². The highest BCUT2D eigenvalue weighted by Gasteiger charge is 2.11. The van der Waals surface area contributed by atoms with Crippen molar-refractivity contribution in [2.45, 2.75) is 6.92 Å². The van der Waals surface area contributed by atoms with Gasteiger partial charge in [0.05, 0.1) is 7.11 Å². The van der Waals surface area contributed by atoms with E-state index >= 15 is 0 Å². The van der Waals surface area contributed by atoms with Crippen LogP contribution >= 0.6 is 0 Å². The number of ether oxygens (including phenoxy) is 3. The van der Waals surface area contributed by atoms with Gasteiger partial charge in [-0.05, 0) is 47.9 Å². The van der Waals surface area contributed by atoms with E-state index in [2.05, 4.69) is 5.32 Å². The van der Waals surface area contributed by atoms with Gasteiger partial charge in [0.15, 0.2) is 24.7 Å². The topological polar surface area (TPSA) is 73.9 Å². The summed E-state index contributed by atoms with van der Waals surface area (Å²) in [6.45, 7) is 1.21. The molecule has 0 saturated carbocycles. The molecule has 0 atom stereocenters. The third-order valence-corrected chi connectivity index (χ3v) is 4.30. The van der Waals surface area contributed by atoms with E-state index in [-0.39, 0.29) is 6.61 Å². The fourth-order valence-electron chi connectivity index (χ4n) is 2.79. The predicted molar refractivity (Wildman–Crippen MR) is 115 cm³/mol. The maximum absolute atomic E-state index is 12.0. The van der Waals surface area contributed by atoms with Crippen molar-refractivity contribution in [3.8, 4) is 22.6 Å². The molecule has 0 unspecified atom stereocenters. The number of aryl methyl sites for hydroxylation is 1. The minimum absolute atomic E-state index is 0.321. The molecule has 1 amide bonds. The summed E-state index contributed by atoms with van der Waals surface area (Å²) in [5.74, 6) is -0.113. The van der Waals surface area contributed by atoms with Gasteiger partial charge in [-0.15, -0.1) is 0 Å². The van der Waals surface area contributed by atoms with Crippen LogP contribution in [0.15, 0.2) is 72.8 Å². The standard InChI is InChI=1S/C24H23NO5/c1-17-8-13-21(22(14-17)28-2)29-16-24(27)30-15-23(26)25-20-11-9-19(10-12-20)18-6-4-3-5-7-18/h3-14H,15-16H2,1-2H3,(H,25,26). The minimum atomic E-state index is -0.646. The second-order valence-electron chi connectivity index (χ2n) is 6.60. The van der Waals surface area contributed by atoms with E-state index < -0.39 is 18.5 Å². The number of anilines is 1. The number of methoxy groups -OCH3 is 1. The van der Waals surface area contributed by atoms with E-state index in [1.54, 1.807) is 24.3 Å². The van der Waals surface area contributed by atoms with E-state index in [0.717, 1.165) is 16.7 Å². The van der Waals surface area contributed by atoms with Gasteiger partial charge in [0.2, 0.25) is 0 Å². The summed E-state index contributed by atoms with van der Waals surface area (Å²) < 4.78 is 15.6. The van der Waals surface area contributed by atoms with Gasteiger partial charge in [0.25, 0.3) is 5.91 Å². The molecule has 0 saturated heterocycles. The Balaban J connectivity index is 1.45. The Kier molecular flexibility index (Phi) is 7.05. The molecule has 0 aromatic heterocycles. The molecule has 3 aromatic carbocycles. The van der Waals surface area contributed by atoms with Gasteiger partial charge in [-0.1, -0.05) is 48.5 Å². The second kappa shape index (κ2) is 10.1. The molecule has 0 heterocycles. The van der Waals surface area contributed by atoms with Crippen LogP contribution in [-0.2, 0) is 14.3 Å². The van der Waals surface area contributed by atoms with Crippen molar-refractivity contribution in [2.24, 2.45) is 0 Å². The van der Waals surface area contributed by atoms with Gasteiger partial charge in [-0.2, -0.15) is 0 Å². The van der Waals surface area contributed by atoms with Gasteiger partial charge in [-0.3, -0.25) is 4.79 Å². The molecule has 30 heavy (non-hydrogen) atoms. The Hall–Kier alpha value is -3.80. The average molecular weight is 405 g/mol. The number of nitrogens with one attached hydrogen (secondary N) is 1. The fourth-order valence-corrected chi connectivity index (χ4v) is 2.79. The van der Waals surface area contributed by atoms with Crippen LogP contribution in [0.5, 0.6) is 11.5 Å². The molecule has 0 radical (unpaired) electrons. The zero-order valence-electron chi connectivity index (χ0n) is 16.9. The molecule has 0 spiro atoms. The van der Waals surface area contributed by atoms with Crippen LogP contribution in [0, 0.1) is 6.92 Å². The lowest BCUT2D eigenvalue weighted by Gasteiger charge is -2.11. The van der Waals surface area contributed by atoms with E-state index in [1.807, 2.05) is 55.5 Å². The maximum Gasteiger partial charge on any atom is 0.344 e. The first-order chi connectivity index (χ1) is 14.5. The normalized spacial score (nSPS) is 10.2. The number of hydrogen-bond donors (Lipinski definition) is 1. The van der Waals surface area contributed by atoms with Crippen molar-refractivity contribution >= 4 is 17.6 Å². The Morgan fingerprint density at radius 3 is 2.23 bits per heavy atom. The van der Waals surface area contributed by atoms with Gasteiger partial charge >= 0.3 is 5.97 Å². The minimum Gasteiger partial charge on any atom is -0.493 e. The molecule has 0 aliphatic rings. The quantitative estimate of drug-likeness (QED) is 0.568. The Bertz CT molecular complexity index is 1000. The van der Waals surface area contributed by atoms with Crippen LogP contribution in [0.1, 0.15) is 5.56 Å². The highest BCUT2D eigenvalue weighted by molar-refractivity contribution is 5.93. The van der Waals surface area contributed by atoms with Gasteiger partial charge in [-0.25, -0.2) is 4.79 Å². The van der Waals surface area contributed by atoms with Crippen molar-refractivity contribution in [1.29, 1.82) is 0 Å². The summed E-state index contributed by atoms with van der Waals surface area (Å²) in [5.41, 5.74) is 3.77. The highest BCUT2D eigenvalue weighted by atomic mass is 16.6. The maximum atomic E-state index is 12.0. The second-order valence-corrected chi connectivity index (χ2v) is 6.60. The van der Waals surface area contributed by atoms with Gasteiger partial charge in [0, 0.05) is 5.69 Å². The summed E-state index contributed by atoms with van der Waals surface area (Å²) in [5, 5.41) is 2.70. The van der Waals surface area contributed by atoms with E-state index in [4.69, 9.17) is 14.2 Å². The lowest BCUT2D eigenvalue weighted by atomic mass is 10.1. The number of amides is 1. The smallest absolute Gasteiger partial charge is 0.344 e. The third-order valence-electron chi connectivity index (χ3n) is 4.30. The van der Waals surface area contributed by atoms with Crippen molar-refractivity contribution in [1.82, 2.24) is 0 Å². The van der Waals surface area contributed by atoms with Crippen molar-refractivity contribution < 1.29 is 23.8 Å². The molecule has 6 heteroatoms. The first-order valence-electron chi connectivity index (χ1n) is 9.43. The lowest BCUT2D eigenvalue weighted by Crippen LogP contribution is -2.23. The molecule has 0 fully saturated rings. The van der Waals surface area contributed by atoms with Crippen LogP contribution in [-0.4, -0.2) is 32.2 Å². The largest absolute Gasteiger partial charge is 0.493 e. The third kappa shape index (κ3) is 5.85. The molecule has 6 nitrogen and oxygen atoms in total. The zero-order valence-corrected chi connectivity index (χ0v) is 16.9. The Labute approximate surface area is 175 Å². The number of carbonyl (C=O) groups is 2. The summed E-state index contributed by atoms with van der Waals surface area (Å²) in [4.78, 5) is 23.9. The van der Waals surface area contributed by atoms with Crippen LogP contribution in [0.2, 0.25) is 0 Å². The number of carbonyl (C=O) groups excluding carboxylic acids is 2. The first-order valence-corrected chi connectivity index (χ1v) is 9.43. The molecular formula is C24H23NO5. The molecule has 0 bridgehead atoms. The monoisotopic (exact) mass is 405 g/mol. The predicted octanol–water partition coefficient (Wildman–Crippen LogP) is 4.23. The van der Waals surface area contributed by atoms with Crippen LogP contribution in [0.4, 0.5) is 5.69 Å². The van der Waals surface area contributed by atoms with Gasteiger partial charge < -0.3 is 19.5 Å². The molecule has 0 aliphatic carbocycles. The van der Waals surface area contributed by atoms with Crippen LogP contribution in [0.3, 0.4) is 0 Å². The SMILES string of the molecule is COc1cc(C)ccc1OCC(=O)OCC(=O)Nc1ccc(-c2ccccc2)cc1. The van der Waals surface area contributed by atoms with Crippen molar-refractivity contribution in [2.75, 3.05) is 25.6 Å². The molecular weight excluding hydrogens is 382 g/mol. The number of benzene rings is 3. The molecule has 154 valence electrons. The number of esters is 1. The van der Waals surface area contributed by atoms with Gasteiger partial charge in [0.1, 0.15) is 0 Å². The Morgan fingerprint density at radius 2 is 1.53 bits per heavy atom. The number of hydrogen-bond acceptors (Lipinski definition) is 5. The van der Waals surface area contributed by atoms with Crippen molar-refractivity contribution in [3.63, 3.8) is 0 Å². The average Bonchev–Trinajstić information content (AvgIpc) is 2.78. The summed E-state index contributed by atoms with van der Waals surface area (Å²) in [6, 6.07) is 22.7. The van der Waals surface area contributed by atoms with E-state index in [0.29, 0.717) is 17.2 Å². The van der Waals surface area contributed by atoms with Crippen molar-refractivity contribution in [3.05, 3.63) is 78.4 Å². The fraction of sp³-hybridized carbons (Fsp3) is 0.167. The first kappa shape index (κ1) is 20.9. The summed E-state index contributed by atoms with van der Waals surface area (Å²) in [6.07, 6.45) is 0. The summed E-state index contributed by atoms with van der Waals surface area (Å²) in [7, 11) is 1.52. The Morgan fingerprint density at radius 1 is 0.833 bits per heavy atom. The molecule has 3 aromatic rings. The lowest BCUT2D eigenvalue weighted by molar-refractivity contribution is -0.149. The van der Waals surface area contributed by atoms with E-state index in [1.165, 1.54) is 7.11 Å². The van der Waals surface area contributed by atoms with E-state index in [9.17, 15) is 9.59 Å². The molecule has 0 aliphatic heterocycles.